The summed E-state index contributed by atoms with van der Waals surface area (Å²) in [6.07, 6.45) is 7.31. The number of piperidine rings is 1. The number of allylic oxidation sites excluding steroid dienone is 1. The number of rotatable bonds is 7. The highest BCUT2D eigenvalue weighted by atomic mass is 35.5. The SMILES string of the molecule is C=C(C)CCCCc1nc2cc(N3CCC4(CC3)Cc3ccccc3C(=C)N4)ccc2nc1-c1ccc(Cl)cc1. The predicted octanol–water partition coefficient (Wildman–Crippen LogP) is 8.39. The molecule has 6 rings (SSSR count). The zero-order valence-corrected chi connectivity index (χ0v) is 24.1. The molecule has 0 radical (unpaired) electrons. The molecule has 0 amide bonds. The topological polar surface area (TPSA) is 41.1 Å². The fourth-order valence-corrected chi connectivity index (χ4v) is 6.39. The van der Waals surface area contributed by atoms with Crippen molar-refractivity contribution in [2.24, 2.45) is 0 Å². The summed E-state index contributed by atoms with van der Waals surface area (Å²) in [4.78, 5) is 12.8. The van der Waals surface area contributed by atoms with E-state index in [1.165, 1.54) is 22.4 Å². The van der Waals surface area contributed by atoms with Crippen LogP contribution in [0.25, 0.3) is 28.0 Å². The molecule has 40 heavy (non-hydrogen) atoms. The lowest BCUT2D eigenvalue weighted by Crippen LogP contribution is -2.55. The predicted molar refractivity (Wildman–Crippen MR) is 169 cm³/mol. The number of halogens is 1. The number of aryl methyl sites for hydroxylation is 1. The van der Waals surface area contributed by atoms with Crippen LogP contribution >= 0.6 is 11.6 Å². The van der Waals surface area contributed by atoms with Crippen molar-refractivity contribution in [2.45, 2.75) is 57.4 Å². The van der Waals surface area contributed by atoms with E-state index in [0.29, 0.717) is 0 Å². The molecule has 1 saturated heterocycles. The summed E-state index contributed by atoms with van der Waals surface area (Å²) >= 11 is 6.18. The van der Waals surface area contributed by atoms with Gasteiger partial charge in [-0.25, -0.2) is 9.97 Å². The summed E-state index contributed by atoms with van der Waals surface area (Å²) in [7, 11) is 0. The van der Waals surface area contributed by atoms with Gasteiger partial charge in [0.25, 0.3) is 0 Å². The molecule has 204 valence electrons. The van der Waals surface area contributed by atoms with Crippen molar-refractivity contribution >= 4 is 34.0 Å². The Morgan fingerprint density at radius 1 is 0.975 bits per heavy atom. The first-order chi connectivity index (χ1) is 19.4. The van der Waals surface area contributed by atoms with Gasteiger partial charge in [0, 0.05) is 46.2 Å². The molecule has 3 aromatic carbocycles. The molecule has 0 aliphatic carbocycles. The maximum Gasteiger partial charge on any atom is 0.0925 e. The van der Waals surface area contributed by atoms with E-state index in [1.807, 2.05) is 24.3 Å². The molecule has 2 aliphatic heterocycles. The molecule has 3 heterocycles. The van der Waals surface area contributed by atoms with E-state index in [4.69, 9.17) is 21.6 Å². The van der Waals surface area contributed by atoms with Gasteiger partial charge in [-0.15, -0.1) is 6.58 Å². The molecule has 1 aromatic heterocycles. The lowest BCUT2D eigenvalue weighted by molar-refractivity contribution is 0.285. The van der Waals surface area contributed by atoms with Gasteiger partial charge in [0.2, 0.25) is 0 Å². The molecule has 0 bridgehead atoms. The number of hydrogen-bond donors (Lipinski definition) is 1. The average Bonchev–Trinajstić information content (AvgIpc) is 2.95. The van der Waals surface area contributed by atoms with Crippen LogP contribution in [0.5, 0.6) is 0 Å². The van der Waals surface area contributed by atoms with Gasteiger partial charge >= 0.3 is 0 Å². The smallest absolute Gasteiger partial charge is 0.0925 e. The third-order valence-corrected chi connectivity index (χ3v) is 8.73. The van der Waals surface area contributed by atoms with E-state index in [0.717, 1.165) is 96.7 Å². The van der Waals surface area contributed by atoms with E-state index in [-0.39, 0.29) is 5.54 Å². The minimum Gasteiger partial charge on any atom is -0.379 e. The van der Waals surface area contributed by atoms with Crippen LogP contribution in [0.3, 0.4) is 0 Å². The van der Waals surface area contributed by atoms with Crippen molar-refractivity contribution in [1.82, 2.24) is 15.3 Å². The van der Waals surface area contributed by atoms with Gasteiger partial charge < -0.3 is 10.2 Å². The molecule has 1 N–H and O–H groups in total. The highest BCUT2D eigenvalue weighted by Gasteiger charge is 2.38. The Balaban J connectivity index is 1.24. The van der Waals surface area contributed by atoms with Crippen LogP contribution in [0, 0.1) is 0 Å². The Labute approximate surface area is 242 Å². The lowest BCUT2D eigenvalue weighted by atomic mass is 9.77. The largest absolute Gasteiger partial charge is 0.379 e. The number of nitrogens with one attached hydrogen (secondary N) is 1. The Morgan fingerprint density at radius 3 is 2.52 bits per heavy atom. The van der Waals surface area contributed by atoms with Crippen molar-refractivity contribution in [1.29, 1.82) is 0 Å². The first-order valence-corrected chi connectivity index (χ1v) is 14.8. The zero-order chi connectivity index (χ0) is 27.7. The second-order valence-corrected chi connectivity index (χ2v) is 12.0. The number of nitrogens with zero attached hydrogens (tertiary/aromatic N) is 3. The molecule has 0 unspecified atom stereocenters. The standard InChI is InChI=1S/C35H37ClN4/c1-24(2)8-4-7-11-32-34(26-12-14-28(36)15-13-26)38-31-17-16-29(22-33(31)37-32)40-20-18-35(19-21-40)23-27-9-5-6-10-30(27)25(3)39-35/h5-6,9-10,12-17,22,39H,1,3-4,7-8,11,18-21,23H2,2H3. The first kappa shape index (κ1) is 26.6. The molecule has 1 fully saturated rings. The maximum absolute atomic E-state index is 6.18. The summed E-state index contributed by atoms with van der Waals surface area (Å²) in [5.41, 5.74) is 11.2. The minimum absolute atomic E-state index is 0.0863. The van der Waals surface area contributed by atoms with Crippen molar-refractivity contribution in [3.8, 4) is 11.3 Å². The highest BCUT2D eigenvalue weighted by molar-refractivity contribution is 6.30. The third kappa shape index (κ3) is 5.51. The van der Waals surface area contributed by atoms with Crippen LogP contribution in [0.2, 0.25) is 5.02 Å². The zero-order valence-electron chi connectivity index (χ0n) is 23.3. The minimum atomic E-state index is 0.0863. The number of aromatic nitrogens is 2. The second-order valence-electron chi connectivity index (χ2n) is 11.6. The molecule has 4 nitrogen and oxygen atoms in total. The molecule has 0 saturated carbocycles. The molecular formula is C35H37ClN4. The van der Waals surface area contributed by atoms with E-state index in [2.05, 4.69) is 72.8 Å². The van der Waals surface area contributed by atoms with Crippen LogP contribution in [0.1, 0.15) is 55.8 Å². The number of unbranched alkanes of at least 4 members (excludes halogenated alkanes) is 1. The maximum atomic E-state index is 6.18. The normalized spacial score (nSPS) is 16.1. The third-order valence-electron chi connectivity index (χ3n) is 8.48. The molecular weight excluding hydrogens is 512 g/mol. The number of fused-ring (bicyclic) bond motifs is 2. The number of anilines is 1. The Bertz CT molecular complexity index is 1560. The fourth-order valence-electron chi connectivity index (χ4n) is 6.27. The van der Waals surface area contributed by atoms with Gasteiger partial charge in [0.05, 0.1) is 22.4 Å². The summed E-state index contributed by atoms with van der Waals surface area (Å²) in [5, 5.41) is 4.52. The van der Waals surface area contributed by atoms with Gasteiger partial charge in [-0.2, -0.15) is 0 Å². The molecule has 5 heteroatoms. The fraction of sp³-hybridized carbons (Fsp3) is 0.314. The van der Waals surface area contributed by atoms with Crippen LogP contribution in [-0.2, 0) is 12.8 Å². The second kappa shape index (κ2) is 11.1. The van der Waals surface area contributed by atoms with Gasteiger partial charge in [-0.3, -0.25) is 0 Å². The Morgan fingerprint density at radius 2 is 1.75 bits per heavy atom. The van der Waals surface area contributed by atoms with Crippen LogP contribution in [-0.4, -0.2) is 28.6 Å². The Hall–Kier alpha value is -3.63. The summed E-state index contributed by atoms with van der Waals surface area (Å²) < 4.78 is 0. The quantitative estimate of drug-likeness (QED) is 0.186. The van der Waals surface area contributed by atoms with Gasteiger partial charge in [-0.05, 0) is 87.8 Å². The molecule has 0 atom stereocenters. The van der Waals surface area contributed by atoms with Gasteiger partial charge in [-0.1, -0.05) is 60.2 Å². The van der Waals surface area contributed by atoms with Crippen molar-refractivity contribution in [2.75, 3.05) is 18.0 Å². The average molecular weight is 549 g/mol. The summed E-state index contributed by atoms with van der Waals surface area (Å²) in [6.45, 7) is 12.5. The van der Waals surface area contributed by atoms with E-state index < -0.39 is 0 Å². The summed E-state index contributed by atoms with van der Waals surface area (Å²) in [6, 6.07) is 23.2. The molecule has 2 aliphatic rings. The molecule has 1 spiro atoms. The Kier molecular flexibility index (Phi) is 7.37. The number of benzene rings is 3. The lowest BCUT2D eigenvalue weighted by Gasteiger charge is -2.47. The molecule has 4 aromatic rings. The summed E-state index contributed by atoms with van der Waals surface area (Å²) in [5.74, 6) is 0. The van der Waals surface area contributed by atoms with E-state index in [9.17, 15) is 0 Å². The van der Waals surface area contributed by atoms with Gasteiger partial charge in [0.15, 0.2) is 0 Å². The van der Waals surface area contributed by atoms with E-state index in [1.54, 1.807) is 0 Å². The van der Waals surface area contributed by atoms with Crippen molar-refractivity contribution < 1.29 is 0 Å². The van der Waals surface area contributed by atoms with E-state index >= 15 is 0 Å². The first-order valence-electron chi connectivity index (χ1n) is 14.4. The van der Waals surface area contributed by atoms with Crippen molar-refractivity contribution in [3.63, 3.8) is 0 Å². The van der Waals surface area contributed by atoms with Crippen LogP contribution in [0.15, 0.2) is 85.5 Å². The van der Waals surface area contributed by atoms with Crippen LogP contribution < -0.4 is 10.2 Å². The highest BCUT2D eigenvalue weighted by Crippen LogP contribution is 2.37. The van der Waals surface area contributed by atoms with Crippen molar-refractivity contribution in [3.05, 3.63) is 107 Å². The number of hydrogen-bond acceptors (Lipinski definition) is 4. The van der Waals surface area contributed by atoms with Gasteiger partial charge in [0.1, 0.15) is 0 Å². The van der Waals surface area contributed by atoms with Crippen LogP contribution in [0.4, 0.5) is 5.69 Å². The monoisotopic (exact) mass is 548 g/mol.